The van der Waals surface area contributed by atoms with Gasteiger partial charge >= 0.3 is 0 Å². The second kappa shape index (κ2) is 4.90. The van der Waals surface area contributed by atoms with Gasteiger partial charge in [-0.3, -0.25) is 0 Å². The van der Waals surface area contributed by atoms with Crippen LogP contribution in [-0.2, 0) is 0 Å². The van der Waals surface area contributed by atoms with E-state index in [-0.39, 0.29) is 5.54 Å². The minimum Gasteiger partial charge on any atom is -0.370 e. The van der Waals surface area contributed by atoms with Crippen molar-refractivity contribution in [3.8, 4) is 0 Å². The molecule has 1 aromatic heterocycles. The summed E-state index contributed by atoms with van der Waals surface area (Å²) < 4.78 is 0. The van der Waals surface area contributed by atoms with Crippen molar-refractivity contribution in [2.75, 3.05) is 17.2 Å². The number of anilines is 2. The highest BCUT2D eigenvalue weighted by Gasteiger charge is 2.29. The molecule has 2 rings (SSSR count). The molecule has 0 unspecified atom stereocenters. The molecule has 2 N–H and O–H groups in total. The summed E-state index contributed by atoms with van der Waals surface area (Å²) in [5.41, 5.74) is 1.32. The third-order valence-electron chi connectivity index (χ3n) is 3.56. The zero-order valence-electron chi connectivity index (χ0n) is 11.0. The molecule has 0 saturated heterocycles. The largest absolute Gasteiger partial charge is 0.370 e. The molecule has 1 heterocycles. The molecule has 94 valence electrons. The second-order valence-corrected chi connectivity index (χ2v) is 5.12. The fourth-order valence-electron chi connectivity index (χ4n) is 2.49. The standard InChI is InChI=1S/C13H22N4/c1-4-14-11-10(2)12(16-9-15-11)17-13(3)7-5-6-8-13/h9H,4-8H2,1-3H3,(H2,14,15,16,17). The van der Waals surface area contributed by atoms with Crippen molar-refractivity contribution in [1.82, 2.24) is 9.97 Å². The van der Waals surface area contributed by atoms with Crippen molar-refractivity contribution in [2.45, 2.75) is 52.0 Å². The van der Waals surface area contributed by atoms with Gasteiger partial charge in [0.1, 0.15) is 18.0 Å². The highest BCUT2D eigenvalue weighted by molar-refractivity contribution is 5.57. The molecule has 0 amide bonds. The molecule has 4 heteroatoms. The van der Waals surface area contributed by atoms with E-state index in [2.05, 4.69) is 41.4 Å². The van der Waals surface area contributed by atoms with Gasteiger partial charge in [0.2, 0.25) is 0 Å². The summed E-state index contributed by atoms with van der Waals surface area (Å²) in [4.78, 5) is 8.63. The molecule has 1 aromatic rings. The molecule has 1 aliphatic rings. The second-order valence-electron chi connectivity index (χ2n) is 5.12. The van der Waals surface area contributed by atoms with Gasteiger partial charge in [0.25, 0.3) is 0 Å². The van der Waals surface area contributed by atoms with Crippen molar-refractivity contribution < 1.29 is 0 Å². The Morgan fingerprint density at radius 1 is 1.24 bits per heavy atom. The van der Waals surface area contributed by atoms with E-state index in [1.807, 2.05) is 0 Å². The van der Waals surface area contributed by atoms with Crippen LogP contribution in [0.5, 0.6) is 0 Å². The molecule has 1 saturated carbocycles. The summed E-state index contributed by atoms with van der Waals surface area (Å²) in [6.45, 7) is 7.31. The van der Waals surface area contributed by atoms with Crippen LogP contribution in [0.1, 0.15) is 45.1 Å². The lowest BCUT2D eigenvalue weighted by molar-refractivity contribution is 0.530. The van der Waals surface area contributed by atoms with E-state index < -0.39 is 0 Å². The first-order chi connectivity index (χ1) is 8.14. The fraction of sp³-hybridized carbons (Fsp3) is 0.692. The molecule has 1 aliphatic carbocycles. The van der Waals surface area contributed by atoms with Crippen molar-refractivity contribution in [3.63, 3.8) is 0 Å². The minimum atomic E-state index is 0.211. The topological polar surface area (TPSA) is 49.8 Å². The summed E-state index contributed by atoms with van der Waals surface area (Å²) >= 11 is 0. The van der Waals surface area contributed by atoms with E-state index in [1.165, 1.54) is 25.7 Å². The summed E-state index contributed by atoms with van der Waals surface area (Å²) in [7, 11) is 0. The number of nitrogens with one attached hydrogen (secondary N) is 2. The summed E-state index contributed by atoms with van der Waals surface area (Å²) in [6, 6.07) is 0. The average Bonchev–Trinajstić information content (AvgIpc) is 2.71. The Morgan fingerprint density at radius 2 is 1.88 bits per heavy atom. The van der Waals surface area contributed by atoms with Crippen LogP contribution in [0.4, 0.5) is 11.6 Å². The Morgan fingerprint density at radius 3 is 2.53 bits per heavy atom. The molecular weight excluding hydrogens is 212 g/mol. The lowest BCUT2D eigenvalue weighted by Gasteiger charge is -2.27. The summed E-state index contributed by atoms with van der Waals surface area (Å²) in [6.07, 6.45) is 6.72. The number of aromatic nitrogens is 2. The third-order valence-corrected chi connectivity index (χ3v) is 3.56. The van der Waals surface area contributed by atoms with Crippen LogP contribution in [0.25, 0.3) is 0 Å². The fourth-order valence-corrected chi connectivity index (χ4v) is 2.49. The lowest BCUT2D eigenvalue weighted by atomic mass is 10.0. The highest BCUT2D eigenvalue weighted by Crippen LogP contribution is 2.33. The monoisotopic (exact) mass is 234 g/mol. The molecular formula is C13H22N4. The van der Waals surface area contributed by atoms with Crippen molar-refractivity contribution in [1.29, 1.82) is 0 Å². The molecule has 17 heavy (non-hydrogen) atoms. The number of hydrogen-bond donors (Lipinski definition) is 2. The van der Waals surface area contributed by atoms with Crippen LogP contribution in [0.3, 0.4) is 0 Å². The Kier molecular flexibility index (Phi) is 3.50. The van der Waals surface area contributed by atoms with Gasteiger partial charge < -0.3 is 10.6 Å². The van der Waals surface area contributed by atoms with Crippen LogP contribution in [0, 0.1) is 6.92 Å². The quantitative estimate of drug-likeness (QED) is 0.841. The van der Waals surface area contributed by atoms with Crippen LogP contribution in [0.15, 0.2) is 6.33 Å². The van der Waals surface area contributed by atoms with Gasteiger partial charge in [0.05, 0.1) is 0 Å². The van der Waals surface area contributed by atoms with Gasteiger partial charge in [-0.1, -0.05) is 12.8 Å². The van der Waals surface area contributed by atoms with Crippen LogP contribution < -0.4 is 10.6 Å². The van der Waals surface area contributed by atoms with Gasteiger partial charge in [-0.15, -0.1) is 0 Å². The molecule has 0 aromatic carbocycles. The van der Waals surface area contributed by atoms with Gasteiger partial charge in [0, 0.05) is 17.6 Å². The molecule has 0 spiro atoms. The van der Waals surface area contributed by atoms with Gasteiger partial charge in [-0.2, -0.15) is 0 Å². The highest BCUT2D eigenvalue weighted by atomic mass is 15.1. The average molecular weight is 234 g/mol. The molecule has 4 nitrogen and oxygen atoms in total. The normalized spacial score (nSPS) is 18.1. The number of nitrogens with zero attached hydrogens (tertiary/aromatic N) is 2. The van der Waals surface area contributed by atoms with E-state index in [0.29, 0.717) is 0 Å². The van der Waals surface area contributed by atoms with Gasteiger partial charge in [0.15, 0.2) is 0 Å². The minimum absolute atomic E-state index is 0.211. The van der Waals surface area contributed by atoms with Crippen LogP contribution in [-0.4, -0.2) is 22.1 Å². The summed E-state index contributed by atoms with van der Waals surface area (Å²) in [5, 5.41) is 6.86. The molecule has 0 atom stereocenters. The SMILES string of the molecule is CCNc1ncnc(NC2(C)CCCC2)c1C. The molecule has 0 aliphatic heterocycles. The van der Waals surface area contributed by atoms with Gasteiger partial charge in [-0.05, 0) is 33.6 Å². The maximum absolute atomic E-state index is 4.37. The molecule has 0 radical (unpaired) electrons. The van der Waals surface area contributed by atoms with Crippen molar-refractivity contribution >= 4 is 11.6 Å². The zero-order chi connectivity index (χ0) is 12.3. The number of rotatable bonds is 4. The maximum atomic E-state index is 4.37. The molecule has 1 fully saturated rings. The predicted molar refractivity (Wildman–Crippen MR) is 71.4 cm³/mol. The van der Waals surface area contributed by atoms with E-state index in [1.54, 1.807) is 6.33 Å². The zero-order valence-corrected chi connectivity index (χ0v) is 11.0. The Bertz CT molecular complexity index is 383. The summed E-state index contributed by atoms with van der Waals surface area (Å²) in [5.74, 6) is 1.91. The van der Waals surface area contributed by atoms with E-state index >= 15 is 0 Å². The Hall–Kier alpha value is -1.32. The lowest BCUT2D eigenvalue weighted by Crippen LogP contribution is -2.31. The Labute approximate surface area is 103 Å². The van der Waals surface area contributed by atoms with E-state index in [0.717, 1.165) is 23.7 Å². The first kappa shape index (κ1) is 12.1. The first-order valence-corrected chi connectivity index (χ1v) is 6.48. The van der Waals surface area contributed by atoms with E-state index in [4.69, 9.17) is 0 Å². The van der Waals surface area contributed by atoms with E-state index in [9.17, 15) is 0 Å². The van der Waals surface area contributed by atoms with Gasteiger partial charge in [-0.25, -0.2) is 9.97 Å². The molecule has 0 bridgehead atoms. The predicted octanol–water partition coefficient (Wildman–Crippen LogP) is 2.96. The third kappa shape index (κ3) is 2.68. The first-order valence-electron chi connectivity index (χ1n) is 6.48. The van der Waals surface area contributed by atoms with Crippen molar-refractivity contribution in [2.24, 2.45) is 0 Å². The maximum Gasteiger partial charge on any atom is 0.134 e. The van der Waals surface area contributed by atoms with Crippen LogP contribution >= 0.6 is 0 Å². The van der Waals surface area contributed by atoms with Crippen molar-refractivity contribution in [3.05, 3.63) is 11.9 Å². The number of hydrogen-bond acceptors (Lipinski definition) is 4. The van der Waals surface area contributed by atoms with Crippen LogP contribution in [0.2, 0.25) is 0 Å². The Balaban J connectivity index is 2.18. The smallest absolute Gasteiger partial charge is 0.134 e.